The van der Waals surface area contributed by atoms with Gasteiger partial charge in [0.25, 0.3) is 5.91 Å². The molecule has 9 heteroatoms. The van der Waals surface area contributed by atoms with Gasteiger partial charge >= 0.3 is 5.97 Å². The monoisotopic (exact) mass is 401 g/mol. The van der Waals surface area contributed by atoms with Crippen LogP contribution in [0.4, 0.5) is 10.1 Å². The van der Waals surface area contributed by atoms with E-state index < -0.39 is 24.3 Å². The van der Waals surface area contributed by atoms with Gasteiger partial charge in [-0.05, 0) is 30.3 Å². The molecule has 6 nitrogen and oxygen atoms in total. The van der Waals surface area contributed by atoms with Crippen LogP contribution in [0.1, 0.15) is 10.4 Å². The van der Waals surface area contributed by atoms with Gasteiger partial charge in [0.1, 0.15) is 5.82 Å². The summed E-state index contributed by atoms with van der Waals surface area (Å²) >= 11 is 11.6. The molecule has 0 aliphatic rings. The maximum Gasteiger partial charge on any atom is 0.338 e. The number of hydrogen-bond donors (Lipinski definition) is 1. The van der Waals surface area contributed by atoms with Crippen molar-refractivity contribution in [2.24, 2.45) is 0 Å². The molecular weight excluding hydrogens is 388 g/mol. The van der Waals surface area contributed by atoms with Crippen LogP contribution in [0.5, 0.6) is 11.5 Å². The summed E-state index contributed by atoms with van der Waals surface area (Å²) < 4.78 is 28.2. The first kappa shape index (κ1) is 19.8. The smallest absolute Gasteiger partial charge is 0.338 e. The molecule has 0 saturated carbocycles. The number of benzene rings is 2. The summed E-state index contributed by atoms with van der Waals surface area (Å²) in [5, 5.41) is 2.45. The topological polar surface area (TPSA) is 73.9 Å². The van der Waals surface area contributed by atoms with E-state index in [0.29, 0.717) is 0 Å². The first-order valence-electron chi connectivity index (χ1n) is 7.19. The van der Waals surface area contributed by atoms with E-state index in [4.69, 9.17) is 37.4 Å². The molecule has 0 bridgehead atoms. The van der Waals surface area contributed by atoms with Crippen molar-refractivity contribution in [3.05, 3.63) is 51.8 Å². The van der Waals surface area contributed by atoms with Crippen LogP contribution in [0, 0.1) is 5.82 Å². The van der Waals surface area contributed by atoms with Crippen molar-refractivity contribution in [1.82, 2.24) is 0 Å². The molecule has 2 aromatic rings. The first-order chi connectivity index (χ1) is 12.3. The third-order valence-corrected chi connectivity index (χ3v) is 3.78. The van der Waals surface area contributed by atoms with Crippen LogP contribution < -0.4 is 14.8 Å². The first-order valence-corrected chi connectivity index (χ1v) is 7.94. The lowest BCUT2D eigenvalue weighted by molar-refractivity contribution is -0.119. The number of methoxy groups -OCH3 is 2. The van der Waals surface area contributed by atoms with Crippen LogP contribution >= 0.6 is 23.2 Å². The Kier molecular flexibility index (Phi) is 6.65. The van der Waals surface area contributed by atoms with Gasteiger partial charge in [-0.15, -0.1) is 0 Å². The third-order valence-electron chi connectivity index (χ3n) is 3.21. The minimum atomic E-state index is -0.778. The van der Waals surface area contributed by atoms with Crippen LogP contribution in [0.3, 0.4) is 0 Å². The quantitative estimate of drug-likeness (QED) is 0.741. The summed E-state index contributed by atoms with van der Waals surface area (Å²) in [6.07, 6.45) is 0. The van der Waals surface area contributed by atoms with Gasteiger partial charge in [0, 0.05) is 5.69 Å². The Hall–Kier alpha value is -2.51. The highest BCUT2D eigenvalue weighted by atomic mass is 35.5. The summed E-state index contributed by atoms with van der Waals surface area (Å²) in [5.41, 5.74) is 0.358. The minimum absolute atomic E-state index is 0.0882. The van der Waals surface area contributed by atoms with Gasteiger partial charge in [0.2, 0.25) is 0 Å². The largest absolute Gasteiger partial charge is 0.493 e. The standard InChI is InChI=1S/C17H14Cl2FNO5/c1-24-14-6-9(5-12(19)16(14)25-2)17(23)26-8-15(22)21-10-3-4-13(20)11(18)7-10/h3-7H,8H2,1-2H3,(H,21,22). The number of carbonyl (C=O) groups is 2. The van der Waals surface area contributed by atoms with E-state index in [1.54, 1.807) is 0 Å². The molecule has 0 unspecified atom stereocenters. The third kappa shape index (κ3) is 4.77. The number of anilines is 1. The summed E-state index contributed by atoms with van der Waals surface area (Å²) in [6.45, 7) is -0.556. The van der Waals surface area contributed by atoms with Gasteiger partial charge < -0.3 is 19.5 Å². The molecule has 1 N–H and O–H groups in total. The molecule has 0 aliphatic carbocycles. The molecular formula is C17H14Cl2FNO5. The Morgan fingerprint density at radius 3 is 2.42 bits per heavy atom. The molecule has 2 rings (SSSR count). The molecule has 0 atom stereocenters. The molecule has 0 fully saturated rings. The number of hydrogen-bond acceptors (Lipinski definition) is 5. The highest BCUT2D eigenvalue weighted by Gasteiger charge is 2.17. The van der Waals surface area contributed by atoms with Crippen molar-refractivity contribution < 1.29 is 28.2 Å². The van der Waals surface area contributed by atoms with Crippen LogP contribution in [-0.4, -0.2) is 32.7 Å². The van der Waals surface area contributed by atoms with E-state index in [9.17, 15) is 14.0 Å². The van der Waals surface area contributed by atoms with E-state index in [-0.39, 0.29) is 32.8 Å². The molecule has 0 saturated heterocycles. The molecule has 0 aliphatic heterocycles. The summed E-state index contributed by atoms with van der Waals surface area (Å²) in [5.74, 6) is -1.48. The molecule has 0 aromatic heterocycles. The average Bonchev–Trinajstić information content (AvgIpc) is 2.62. The number of carbonyl (C=O) groups excluding carboxylic acids is 2. The lowest BCUT2D eigenvalue weighted by Gasteiger charge is -2.11. The minimum Gasteiger partial charge on any atom is -0.493 e. The van der Waals surface area contributed by atoms with E-state index in [1.807, 2.05) is 0 Å². The number of amides is 1. The van der Waals surface area contributed by atoms with Crippen molar-refractivity contribution >= 4 is 40.8 Å². The number of ether oxygens (including phenoxy) is 3. The molecule has 1 amide bonds. The zero-order valence-electron chi connectivity index (χ0n) is 13.8. The lowest BCUT2D eigenvalue weighted by atomic mass is 10.2. The van der Waals surface area contributed by atoms with Gasteiger partial charge in [-0.2, -0.15) is 0 Å². The van der Waals surface area contributed by atoms with Gasteiger partial charge in [-0.1, -0.05) is 23.2 Å². The van der Waals surface area contributed by atoms with Crippen molar-refractivity contribution in [2.45, 2.75) is 0 Å². The zero-order valence-corrected chi connectivity index (χ0v) is 15.3. The second kappa shape index (κ2) is 8.73. The Labute approximate surface area is 158 Å². The predicted octanol–water partition coefficient (Wildman–Crippen LogP) is 3.95. The van der Waals surface area contributed by atoms with Crippen LogP contribution in [0.15, 0.2) is 30.3 Å². The zero-order chi connectivity index (χ0) is 19.3. The normalized spacial score (nSPS) is 10.2. The van der Waals surface area contributed by atoms with Crippen molar-refractivity contribution in [2.75, 3.05) is 26.1 Å². The van der Waals surface area contributed by atoms with Crippen LogP contribution in [0.2, 0.25) is 10.0 Å². The van der Waals surface area contributed by atoms with Crippen molar-refractivity contribution in [3.63, 3.8) is 0 Å². The molecule has 0 radical (unpaired) electrons. The van der Waals surface area contributed by atoms with E-state index >= 15 is 0 Å². The molecule has 0 heterocycles. The molecule has 2 aromatic carbocycles. The van der Waals surface area contributed by atoms with Gasteiger partial charge in [0.05, 0.1) is 29.8 Å². The maximum absolute atomic E-state index is 13.1. The van der Waals surface area contributed by atoms with E-state index in [1.165, 1.54) is 38.5 Å². The summed E-state index contributed by atoms with van der Waals surface area (Å²) in [7, 11) is 2.80. The second-order valence-corrected chi connectivity index (χ2v) is 5.76. The van der Waals surface area contributed by atoms with Gasteiger partial charge in [0.15, 0.2) is 18.1 Å². The Bertz CT molecular complexity index is 844. The van der Waals surface area contributed by atoms with Crippen molar-refractivity contribution in [3.8, 4) is 11.5 Å². The van der Waals surface area contributed by atoms with Gasteiger partial charge in [-0.3, -0.25) is 4.79 Å². The van der Waals surface area contributed by atoms with Crippen molar-refractivity contribution in [1.29, 1.82) is 0 Å². The highest BCUT2D eigenvalue weighted by molar-refractivity contribution is 6.32. The molecule has 26 heavy (non-hydrogen) atoms. The Morgan fingerprint density at radius 1 is 1.08 bits per heavy atom. The van der Waals surface area contributed by atoms with Crippen LogP contribution in [0.25, 0.3) is 0 Å². The molecule has 138 valence electrons. The average molecular weight is 402 g/mol. The van der Waals surface area contributed by atoms with E-state index in [0.717, 1.165) is 6.07 Å². The summed E-state index contributed by atoms with van der Waals surface area (Å²) in [6, 6.07) is 6.39. The fraction of sp³-hybridized carbons (Fsp3) is 0.176. The van der Waals surface area contributed by atoms with Gasteiger partial charge in [-0.25, -0.2) is 9.18 Å². The Balaban J connectivity index is 2.00. The SMILES string of the molecule is COc1cc(C(=O)OCC(=O)Nc2ccc(F)c(Cl)c2)cc(Cl)c1OC. The summed E-state index contributed by atoms with van der Waals surface area (Å²) in [4.78, 5) is 23.9. The fourth-order valence-corrected chi connectivity index (χ4v) is 2.49. The number of halogens is 3. The fourth-order valence-electron chi connectivity index (χ4n) is 2.02. The highest BCUT2D eigenvalue weighted by Crippen LogP contribution is 2.36. The molecule has 0 spiro atoms. The predicted molar refractivity (Wildman–Crippen MR) is 94.9 cm³/mol. The number of rotatable bonds is 6. The van der Waals surface area contributed by atoms with E-state index in [2.05, 4.69) is 5.32 Å². The lowest BCUT2D eigenvalue weighted by Crippen LogP contribution is -2.21. The maximum atomic E-state index is 13.1. The van der Waals surface area contributed by atoms with Crippen LogP contribution in [-0.2, 0) is 9.53 Å². The Morgan fingerprint density at radius 2 is 1.81 bits per heavy atom. The second-order valence-electron chi connectivity index (χ2n) is 4.95. The number of esters is 1. The number of nitrogens with one attached hydrogen (secondary N) is 1.